The highest BCUT2D eigenvalue weighted by molar-refractivity contribution is 6.36. The van der Waals surface area contributed by atoms with E-state index in [2.05, 4.69) is 15.6 Å². The Balaban J connectivity index is 1.56. The van der Waals surface area contributed by atoms with Crippen molar-refractivity contribution in [2.75, 3.05) is 19.0 Å². The van der Waals surface area contributed by atoms with Crippen molar-refractivity contribution >= 4 is 40.7 Å². The Labute approximate surface area is 201 Å². The second kappa shape index (κ2) is 9.80. The molecule has 0 bridgehead atoms. The molecule has 1 atom stereocenters. The van der Waals surface area contributed by atoms with E-state index in [1.807, 2.05) is 24.3 Å². The standard InChI is InChI=1S/C23H23Cl2N5O3/c1-14-21(27-28-30(14)16-7-9-17(33-2)10-8-16)23(32)29-12-4-3-5-20(29)22(31)26-19-11-6-15(24)13-18(19)25/h6-11,13,20H,3-5,12H2,1-2H3,(H,26,31). The molecule has 1 saturated heterocycles. The van der Waals surface area contributed by atoms with E-state index in [1.54, 1.807) is 41.8 Å². The lowest BCUT2D eigenvalue weighted by molar-refractivity contribution is -0.121. The molecular weight excluding hydrogens is 465 g/mol. The Kier molecular flexibility index (Phi) is 6.85. The average molecular weight is 488 g/mol. The van der Waals surface area contributed by atoms with E-state index in [9.17, 15) is 9.59 Å². The van der Waals surface area contributed by atoms with Crippen molar-refractivity contribution in [2.24, 2.45) is 0 Å². The number of hydrogen-bond acceptors (Lipinski definition) is 5. The molecule has 2 heterocycles. The predicted octanol–water partition coefficient (Wildman–Crippen LogP) is 4.52. The normalized spacial score (nSPS) is 15.9. The van der Waals surface area contributed by atoms with Crippen LogP contribution in [-0.2, 0) is 4.79 Å². The fraction of sp³-hybridized carbons (Fsp3) is 0.304. The monoisotopic (exact) mass is 487 g/mol. The number of rotatable bonds is 5. The molecule has 33 heavy (non-hydrogen) atoms. The van der Waals surface area contributed by atoms with E-state index >= 15 is 0 Å². The largest absolute Gasteiger partial charge is 0.497 e. The van der Waals surface area contributed by atoms with Gasteiger partial charge in [-0.3, -0.25) is 9.59 Å². The number of methoxy groups -OCH3 is 1. The van der Waals surface area contributed by atoms with Gasteiger partial charge in [0.05, 0.1) is 29.2 Å². The minimum Gasteiger partial charge on any atom is -0.497 e. The van der Waals surface area contributed by atoms with Gasteiger partial charge in [-0.2, -0.15) is 0 Å². The van der Waals surface area contributed by atoms with Crippen LogP contribution in [0.5, 0.6) is 5.75 Å². The lowest BCUT2D eigenvalue weighted by Gasteiger charge is -2.34. The third kappa shape index (κ3) is 4.82. The number of ether oxygens (including phenoxy) is 1. The van der Waals surface area contributed by atoms with Crippen LogP contribution in [0.2, 0.25) is 10.0 Å². The molecule has 1 aliphatic heterocycles. The van der Waals surface area contributed by atoms with Crippen molar-refractivity contribution < 1.29 is 14.3 Å². The molecule has 0 saturated carbocycles. The molecule has 1 N–H and O–H groups in total. The van der Waals surface area contributed by atoms with Gasteiger partial charge in [0.1, 0.15) is 11.8 Å². The first-order valence-electron chi connectivity index (χ1n) is 10.5. The van der Waals surface area contributed by atoms with Crippen LogP contribution in [0, 0.1) is 6.92 Å². The summed E-state index contributed by atoms with van der Waals surface area (Å²) in [6.45, 7) is 2.24. The van der Waals surface area contributed by atoms with Gasteiger partial charge in [0.2, 0.25) is 5.91 Å². The zero-order valence-corrected chi connectivity index (χ0v) is 19.7. The third-order valence-electron chi connectivity index (χ3n) is 5.67. The summed E-state index contributed by atoms with van der Waals surface area (Å²) in [5.74, 6) is 0.0950. The molecule has 172 valence electrons. The van der Waals surface area contributed by atoms with Gasteiger partial charge in [0.25, 0.3) is 5.91 Å². The Bertz CT molecular complexity index is 1180. The number of anilines is 1. The van der Waals surface area contributed by atoms with Crippen molar-refractivity contribution in [2.45, 2.75) is 32.2 Å². The van der Waals surface area contributed by atoms with E-state index in [4.69, 9.17) is 27.9 Å². The van der Waals surface area contributed by atoms with Gasteiger partial charge >= 0.3 is 0 Å². The van der Waals surface area contributed by atoms with E-state index in [1.165, 1.54) is 0 Å². The second-order valence-corrected chi connectivity index (χ2v) is 8.60. The van der Waals surface area contributed by atoms with Gasteiger partial charge < -0.3 is 15.0 Å². The zero-order valence-electron chi connectivity index (χ0n) is 18.2. The average Bonchev–Trinajstić information content (AvgIpc) is 3.21. The van der Waals surface area contributed by atoms with Crippen LogP contribution in [0.4, 0.5) is 5.69 Å². The number of carbonyl (C=O) groups is 2. The zero-order chi connectivity index (χ0) is 23.5. The second-order valence-electron chi connectivity index (χ2n) is 7.76. The van der Waals surface area contributed by atoms with Gasteiger partial charge in [-0.1, -0.05) is 28.4 Å². The molecule has 4 rings (SSSR count). The fourth-order valence-corrected chi connectivity index (χ4v) is 4.34. The van der Waals surface area contributed by atoms with Gasteiger partial charge in [-0.05, 0) is 68.7 Å². The molecule has 0 aliphatic carbocycles. The van der Waals surface area contributed by atoms with E-state index in [0.29, 0.717) is 34.4 Å². The maximum atomic E-state index is 13.4. The van der Waals surface area contributed by atoms with Crippen LogP contribution in [-0.4, -0.2) is 51.4 Å². The Hall–Kier alpha value is -3.10. The first-order chi connectivity index (χ1) is 15.9. The van der Waals surface area contributed by atoms with E-state index in [0.717, 1.165) is 24.3 Å². The highest BCUT2D eigenvalue weighted by Crippen LogP contribution is 2.27. The van der Waals surface area contributed by atoms with Crippen molar-refractivity contribution in [3.05, 3.63) is 63.9 Å². The number of amides is 2. The molecule has 8 nitrogen and oxygen atoms in total. The molecule has 10 heteroatoms. The molecule has 1 aromatic heterocycles. The molecular formula is C23H23Cl2N5O3. The van der Waals surface area contributed by atoms with Gasteiger partial charge in [0, 0.05) is 11.6 Å². The number of nitrogens with zero attached hydrogens (tertiary/aromatic N) is 4. The number of aromatic nitrogens is 3. The van der Waals surface area contributed by atoms with Crippen molar-refractivity contribution in [3.8, 4) is 11.4 Å². The molecule has 2 aromatic carbocycles. The van der Waals surface area contributed by atoms with Crippen molar-refractivity contribution in [3.63, 3.8) is 0 Å². The Morgan fingerprint density at radius 1 is 1.12 bits per heavy atom. The maximum absolute atomic E-state index is 13.4. The number of carbonyl (C=O) groups excluding carboxylic acids is 2. The summed E-state index contributed by atoms with van der Waals surface area (Å²) in [6, 6.07) is 11.5. The van der Waals surface area contributed by atoms with Crippen LogP contribution in [0.25, 0.3) is 5.69 Å². The summed E-state index contributed by atoms with van der Waals surface area (Å²) >= 11 is 12.1. The molecule has 1 unspecified atom stereocenters. The maximum Gasteiger partial charge on any atom is 0.277 e. The lowest BCUT2D eigenvalue weighted by atomic mass is 10.0. The third-order valence-corrected chi connectivity index (χ3v) is 6.22. The molecule has 1 fully saturated rings. The SMILES string of the molecule is COc1ccc(-n2nnc(C(=O)N3CCCCC3C(=O)Nc3ccc(Cl)cc3Cl)c2C)cc1. The number of piperidine rings is 1. The minimum absolute atomic E-state index is 0.218. The van der Waals surface area contributed by atoms with E-state index in [-0.39, 0.29) is 17.5 Å². The van der Waals surface area contributed by atoms with Crippen LogP contribution in [0.3, 0.4) is 0 Å². The van der Waals surface area contributed by atoms with E-state index < -0.39 is 6.04 Å². The quantitative estimate of drug-likeness (QED) is 0.571. The topological polar surface area (TPSA) is 89.3 Å². The minimum atomic E-state index is -0.636. The molecule has 0 radical (unpaired) electrons. The van der Waals surface area contributed by atoms with Gasteiger partial charge in [-0.15, -0.1) is 5.10 Å². The number of likely N-dealkylation sites (tertiary alicyclic amines) is 1. The number of hydrogen-bond donors (Lipinski definition) is 1. The van der Waals surface area contributed by atoms with Crippen molar-refractivity contribution in [1.82, 2.24) is 19.9 Å². The van der Waals surface area contributed by atoms with Crippen LogP contribution in [0.15, 0.2) is 42.5 Å². The molecule has 3 aromatic rings. The summed E-state index contributed by atoms with van der Waals surface area (Å²) in [5.41, 5.74) is 2.02. The molecule has 1 aliphatic rings. The highest BCUT2D eigenvalue weighted by Gasteiger charge is 2.35. The summed E-state index contributed by atoms with van der Waals surface area (Å²) in [4.78, 5) is 28.1. The lowest BCUT2D eigenvalue weighted by Crippen LogP contribution is -2.50. The first kappa shape index (κ1) is 23.1. The number of benzene rings is 2. The van der Waals surface area contributed by atoms with Gasteiger partial charge in [-0.25, -0.2) is 4.68 Å². The number of halogens is 2. The summed E-state index contributed by atoms with van der Waals surface area (Å²) < 4.78 is 6.79. The van der Waals surface area contributed by atoms with Gasteiger partial charge in [0.15, 0.2) is 5.69 Å². The summed E-state index contributed by atoms with van der Waals surface area (Å²) in [5, 5.41) is 11.9. The summed E-state index contributed by atoms with van der Waals surface area (Å²) in [6.07, 6.45) is 2.20. The Morgan fingerprint density at radius 3 is 2.58 bits per heavy atom. The molecule has 0 spiro atoms. The smallest absolute Gasteiger partial charge is 0.277 e. The Morgan fingerprint density at radius 2 is 1.88 bits per heavy atom. The van der Waals surface area contributed by atoms with Crippen molar-refractivity contribution in [1.29, 1.82) is 0 Å². The highest BCUT2D eigenvalue weighted by atomic mass is 35.5. The van der Waals surface area contributed by atoms with Crippen LogP contribution >= 0.6 is 23.2 Å². The number of nitrogens with one attached hydrogen (secondary N) is 1. The van der Waals surface area contributed by atoms with Crippen LogP contribution in [0.1, 0.15) is 35.4 Å². The first-order valence-corrected chi connectivity index (χ1v) is 11.3. The summed E-state index contributed by atoms with van der Waals surface area (Å²) in [7, 11) is 1.60. The predicted molar refractivity (Wildman–Crippen MR) is 126 cm³/mol. The van der Waals surface area contributed by atoms with Crippen LogP contribution < -0.4 is 10.1 Å². The fourth-order valence-electron chi connectivity index (χ4n) is 3.89. The molecule has 2 amide bonds.